The Kier molecular flexibility index (Phi) is 7.15. The zero-order chi connectivity index (χ0) is 17.5. The summed E-state index contributed by atoms with van der Waals surface area (Å²) in [6.45, 7) is 8.39. The fourth-order valence-electron chi connectivity index (χ4n) is 2.41. The van der Waals surface area contributed by atoms with Crippen molar-refractivity contribution in [2.24, 2.45) is 5.10 Å². The number of benzene rings is 1. The number of hydrogen-bond acceptors (Lipinski definition) is 5. The van der Waals surface area contributed by atoms with Crippen LogP contribution in [0.2, 0.25) is 10.0 Å². The second kappa shape index (κ2) is 9.11. The lowest BCUT2D eigenvalue weighted by Gasteiger charge is -2.34. The van der Waals surface area contributed by atoms with Gasteiger partial charge in [0.05, 0.1) is 17.3 Å². The number of halogens is 2. The molecule has 0 bridgehead atoms. The van der Waals surface area contributed by atoms with E-state index in [1.807, 2.05) is 4.90 Å². The lowest BCUT2D eigenvalue weighted by Crippen LogP contribution is -2.51. The highest BCUT2D eigenvalue weighted by Crippen LogP contribution is 2.25. The van der Waals surface area contributed by atoms with E-state index in [2.05, 4.69) is 22.4 Å². The molecule has 1 saturated heterocycles. The zero-order valence-electron chi connectivity index (χ0n) is 13.9. The third-order valence-electron chi connectivity index (χ3n) is 3.79. The molecule has 0 radical (unpaired) electrons. The summed E-state index contributed by atoms with van der Waals surface area (Å²) in [5.74, 6) is -0.197. The van der Waals surface area contributed by atoms with E-state index in [1.165, 1.54) is 0 Å². The molecule has 0 atom stereocenters. The molecule has 1 fully saturated rings. The van der Waals surface area contributed by atoms with Gasteiger partial charge in [0.1, 0.15) is 0 Å². The molecular weight excluding hydrogens is 351 g/mol. The van der Waals surface area contributed by atoms with Crippen LogP contribution >= 0.6 is 23.2 Å². The van der Waals surface area contributed by atoms with Crippen molar-refractivity contribution < 1.29 is 9.53 Å². The molecule has 132 valence electrons. The summed E-state index contributed by atoms with van der Waals surface area (Å²) in [6.07, 6.45) is 0. The van der Waals surface area contributed by atoms with Gasteiger partial charge in [0.15, 0.2) is 0 Å². The number of nitrogens with zero attached hydrogens (tertiary/aromatic N) is 3. The Morgan fingerprint density at radius 1 is 1.25 bits per heavy atom. The standard InChI is InChI=1S/C16H22Cl2N4O2/c1-3-21-7-9-22(10-8-21)15(16(23)24-4-2)20-19-14-11-12(17)5-6-13(14)18/h5-6,11,19H,3-4,7-10H2,1-2H3/b20-15-. The first-order chi connectivity index (χ1) is 11.5. The highest BCUT2D eigenvalue weighted by Gasteiger charge is 2.25. The minimum atomic E-state index is -0.451. The molecule has 0 amide bonds. The summed E-state index contributed by atoms with van der Waals surface area (Å²) in [7, 11) is 0. The van der Waals surface area contributed by atoms with Crippen molar-refractivity contribution in [2.45, 2.75) is 13.8 Å². The largest absolute Gasteiger partial charge is 0.460 e. The Morgan fingerprint density at radius 2 is 1.96 bits per heavy atom. The molecule has 1 aromatic carbocycles. The number of carbonyl (C=O) groups excluding carboxylic acids is 1. The van der Waals surface area contributed by atoms with Gasteiger partial charge in [0.25, 0.3) is 0 Å². The number of rotatable bonds is 4. The summed E-state index contributed by atoms with van der Waals surface area (Å²) in [5.41, 5.74) is 3.37. The zero-order valence-corrected chi connectivity index (χ0v) is 15.4. The molecule has 0 aliphatic carbocycles. The predicted octanol–water partition coefficient (Wildman–Crippen LogP) is 2.92. The SMILES string of the molecule is CCOC(=O)/C(=N/Nc1cc(Cl)ccc1Cl)N1CCN(CC)CC1. The van der Waals surface area contributed by atoms with Gasteiger partial charge in [-0.2, -0.15) is 0 Å². The number of carbonyl (C=O) groups is 1. The maximum atomic E-state index is 12.3. The molecule has 1 heterocycles. The second-order valence-corrected chi connectivity index (χ2v) is 6.16. The number of anilines is 1. The Balaban J connectivity index is 2.16. The first kappa shape index (κ1) is 18.8. The topological polar surface area (TPSA) is 57.2 Å². The maximum absolute atomic E-state index is 12.3. The van der Waals surface area contributed by atoms with Crippen LogP contribution in [0.1, 0.15) is 13.8 Å². The molecule has 0 aromatic heterocycles. The molecule has 1 aliphatic rings. The van der Waals surface area contributed by atoms with E-state index in [9.17, 15) is 4.79 Å². The van der Waals surface area contributed by atoms with Gasteiger partial charge in [0, 0.05) is 31.2 Å². The minimum absolute atomic E-state index is 0.253. The number of hydrogen-bond donors (Lipinski definition) is 1. The first-order valence-electron chi connectivity index (χ1n) is 7.98. The van der Waals surface area contributed by atoms with Gasteiger partial charge < -0.3 is 14.5 Å². The van der Waals surface area contributed by atoms with Gasteiger partial charge in [-0.3, -0.25) is 5.43 Å². The average Bonchev–Trinajstić information content (AvgIpc) is 2.59. The van der Waals surface area contributed by atoms with Crippen LogP contribution in [-0.4, -0.2) is 60.9 Å². The third kappa shape index (κ3) is 5.00. The van der Waals surface area contributed by atoms with Gasteiger partial charge in [0.2, 0.25) is 5.84 Å². The van der Waals surface area contributed by atoms with E-state index in [0.717, 1.165) is 32.7 Å². The fraction of sp³-hybridized carbons (Fsp3) is 0.500. The Bertz CT molecular complexity index is 602. The fourth-order valence-corrected chi connectivity index (χ4v) is 2.75. The molecule has 2 rings (SSSR count). The summed E-state index contributed by atoms with van der Waals surface area (Å²) in [5, 5.41) is 5.25. The van der Waals surface area contributed by atoms with Crippen LogP contribution in [0.3, 0.4) is 0 Å². The normalized spacial score (nSPS) is 16.2. The van der Waals surface area contributed by atoms with Crippen LogP contribution in [0.4, 0.5) is 5.69 Å². The van der Waals surface area contributed by atoms with E-state index >= 15 is 0 Å². The predicted molar refractivity (Wildman–Crippen MR) is 97.8 cm³/mol. The Hall–Kier alpha value is -1.50. The number of nitrogens with one attached hydrogen (secondary N) is 1. The summed E-state index contributed by atoms with van der Waals surface area (Å²) in [4.78, 5) is 16.5. The van der Waals surface area contributed by atoms with Crippen molar-refractivity contribution in [2.75, 3.05) is 44.8 Å². The number of ether oxygens (including phenoxy) is 1. The lowest BCUT2D eigenvalue weighted by atomic mass is 10.3. The molecule has 0 unspecified atom stereocenters. The number of likely N-dealkylation sites (N-methyl/N-ethyl adjacent to an activating group) is 1. The van der Waals surface area contributed by atoms with Crippen molar-refractivity contribution in [3.63, 3.8) is 0 Å². The van der Waals surface area contributed by atoms with Crippen molar-refractivity contribution in [1.82, 2.24) is 9.80 Å². The Morgan fingerprint density at radius 3 is 2.58 bits per heavy atom. The highest BCUT2D eigenvalue weighted by atomic mass is 35.5. The monoisotopic (exact) mass is 372 g/mol. The number of hydrazone groups is 1. The molecule has 1 N–H and O–H groups in total. The third-order valence-corrected chi connectivity index (χ3v) is 4.35. The quantitative estimate of drug-likeness (QED) is 0.381. The van der Waals surface area contributed by atoms with Gasteiger partial charge in [-0.1, -0.05) is 30.1 Å². The number of esters is 1. The van der Waals surface area contributed by atoms with Crippen LogP contribution in [-0.2, 0) is 9.53 Å². The van der Waals surface area contributed by atoms with Crippen molar-refractivity contribution in [3.8, 4) is 0 Å². The van der Waals surface area contributed by atoms with Gasteiger partial charge in [-0.05, 0) is 31.7 Å². The van der Waals surface area contributed by atoms with Crippen molar-refractivity contribution in [3.05, 3.63) is 28.2 Å². The first-order valence-corrected chi connectivity index (χ1v) is 8.74. The van der Waals surface area contributed by atoms with Crippen LogP contribution < -0.4 is 5.43 Å². The van der Waals surface area contributed by atoms with E-state index in [4.69, 9.17) is 27.9 Å². The van der Waals surface area contributed by atoms with E-state index in [0.29, 0.717) is 22.3 Å². The number of amidine groups is 1. The Labute approximate surface area is 152 Å². The molecule has 6 nitrogen and oxygen atoms in total. The van der Waals surface area contributed by atoms with Gasteiger partial charge in [-0.15, -0.1) is 5.10 Å². The van der Waals surface area contributed by atoms with Gasteiger partial charge >= 0.3 is 5.97 Å². The molecule has 0 saturated carbocycles. The number of piperazine rings is 1. The van der Waals surface area contributed by atoms with Crippen LogP contribution in [0.15, 0.2) is 23.3 Å². The maximum Gasteiger partial charge on any atom is 0.375 e. The molecule has 1 aliphatic heterocycles. The summed E-state index contributed by atoms with van der Waals surface area (Å²) < 4.78 is 5.13. The molecule has 24 heavy (non-hydrogen) atoms. The van der Waals surface area contributed by atoms with E-state index in [-0.39, 0.29) is 5.84 Å². The smallest absolute Gasteiger partial charge is 0.375 e. The van der Waals surface area contributed by atoms with E-state index < -0.39 is 5.97 Å². The van der Waals surface area contributed by atoms with Crippen LogP contribution in [0, 0.1) is 0 Å². The minimum Gasteiger partial charge on any atom is -0.460 e. The highest BCUT2D eigenvalue weighted by molar-refractivity contribution is 6.36. The van der Waals surface area contributed by atoms with Crippen molar-refractivity contribution >= 4 is 40.7 Å². The van der Waals surface area contributed by atoms with Crippen molar-refractivity contribution in [1.29, 1.82) is 0 Å². The molecule has 8 heteroatoms. The summed E-state index contributed by atoms with van der Waals surface area (Å²) in [6, 6.07) is 5.02. The average molecular weight is 373 g/mol. The molecule has 0 spiro atoms. The summed E-state index contributed by atoms with van der Waals surface area (Å²) >= 11 is 12.1. The van der Waals surface area contributed by atoms with Crippen LogP contribution in [0.25, 0.3) is 0 Å². The lowest BCUT2D eigenvalue weighted by molar-refractivity contribution is -0.136. The molecular formula is C16H22Cl2N4O2. The second-order valence-electron chi connectivity index (χ2n) is 5.31. The van der Waals surface area contributed by atoms with Gasteiger partial charge in [-0.25, -0.2) is 4.79 Å². The van der Waals surface area contributed by atoms with Crippen LogP contribution in [0.5, 0.6) is 0 Å². The molecule has 1 aromatic rings. The van der Waals surface area contributed by atoms with E-state index in [1.54, 1.807) is 25.1 Å².